The van der Waals surface area contributed by atoms with Gasteiger partial charge in [-0.3, -0.25) is 4.79 Å². The topological polar surface area (TPSA) is 29.1 Å². The standard InChI is InChI=1S/C13H25NO/c1-6-7-8-14-12(10(2)3)9-13(15)11(4)5/h9-11,14H,6-8H2,1-5H3. The van der Waals surface area contributed by atoms with Crippen molar-refractivity contribution in [3.8, 4) is 0 Å². The molecule has 0 rings (SSSR count). The first-order valence-electron chi connectivity index (χ1n) is 5.98. The van der Waals surface area contributed by atoms with E-state index in [2.05, 4.69) is 26.1 Å². The molecule has 1 N–H and O–H groups in total. The Morgan fingerprint density at radius 3 is 2.20 bits per heavy atom. The fourth-order valence-electron chi connectivity index (χ4n) is 1.15. The molecule has 0 atom stereocenters. The highest BCUT2D eigenvalue weighted by molar-refractivity contribution is 5.91. The van der Waals surface area contributed by atoms with E-state index in [-0.39, 0.29) is 11.7 Å². The first-order valence-corrected chi connectivity index (χ1v) is 5.98. The number of carbonyl (C=O) groups is 1. The van der Waals surface area contributed by atoms with E-state index in [4.69, 9.17) is 0 Å². The molecule has 2 nitrogen and oxygen atoms in total. The Bertz CT molecular complexity index is 217. The summed E-state index contributed by atoms with van der Waals surface area (Å²) in [7, 11) is 0. The van der Waals surface area contributed by atoms with Gasteiger partial charge in [0.1, 0.15) is 0 Å². The molecule has 0 amide bonds. The van der Waals surface area contributed by atoms with Gasteiger partial charge in [0.05, 0.1) is 0 Å². The van der Waals surface area contributed by atoms with Gasteiger partial charge < -0.3 is 5.32 Å². The summed E-state index contributed by atoms with van der Waals surface area (Å²) in [5.74, 6) is 0.693. The van der Waals surface area contributed by atoms with Gasteiger partial charge in [0, 0.05) is 24.2 Å². The van der Waals surface area contributed by atoms with Crippen LogP contribution in [0, 0.1) is 11.8 Å². The summed E-state index contributed by atoms with van der Waals surface area (Å²) >= 11 is 0. The van der Waals surface area contributed by atoms with Crippen LogP contribution >= 0.6 is 0 Å². The number of carbonyl (C=O) groups excluding carboxylic acids is 1. The van der Waals surface area contributed by atoms with Crippen molar-refractivity contribution in [1.82, 2.24) is 5.32 Å². The zero-order chi connectivity index (χ0) is 11.8. The first kappa shape index (κ1) is 14.2. The Kier molecular flexibility index (Phi) is 7.10. The molecule has 0 heterocycles. The minimum absolute atomic E-state index is 0.0896. The van der Waals surface area contributed by atoms with Gasteiger partial charge in [-0.1, -0.05) is 41.0 Å². The van der Waals surface area contributed by atoms with Crippen LogP contribution in [0.4, 0.5) is 0 Å². The van der Waals surface area contributed by atoms with Crippen LogP contribution in [0.3, 0.4) is 0 Å². The van der Waals surface area contributed by atoms with E-state index in [0.29, 0.717) is 5.92 Å². The smallest absolute Gasteiger partial charge is 0.159 e. The van der Waals surface area contributed by atoms with Crippen molar-refractivity contribution < 1.29 is 4.79 Å². The number of unbranched alkanes of at least 4 members (excludes halogenated alkanes) is 1. The second kappa shape index (κ2) is 7.49. The van der Waals surface area contributed by atoms with Gasteiger partial charge in [-0.25, -0.2) is 0 Å². The van der Waals surface area contributed by atoms with Crippen LogP contribution in [-0.4, -0.2) is 12.3 Å². The van der Waals surface area contributed by atoms with Gasteiger partial charge in [-0.2, -0.15) is 0 Å². The Morgan fingerprint density at radius 2 is 1.80 bits per heavy atom. The minimum atomic E-state index is 0.0896. The highest BCUT2D eigenvalue weighted by Crippen LogP contribution is 2.08. The zero-order valence-electron chi connectivity index (χ0n) is 10.8. The van der Waals surface area contributed by atoms with Crippen LogP contribution in [-0.2, 0) is 4.79 Å². The molecule has 15 heavy (non-hydrogen) atoms. The maximum atomic E-state index is 11.6. The lowest BCUT2D eigenvalue weighted by Crippen LogP contribution is -2.20. The van der Waals surface area contributed by atoms with Crippen LogP contribution in [0.5, 0.6) is 0 Å². The van der Waals surface area contributed by atoms with Crippen molar-refractivity contribution in [2.45, 2.75) is 47.5 Å². The molecule has 0 radical (unpaired) electrons. The van der Waals surface area contributed by atoms with Crippen LogP contribution in [0.1, 0.15) is 47.5 Å². The van der Waals surface area contributed by atoms with Gasteiger partial charge in [-0.05, 0) is 12.3 Å². The molecule has 2 heteroatoms. The molecule has 0 aromatic heterocycles. The quantitative estimate of drug-likeness (QED) is 0.518. The summed E-state index contributed by atoms with van der Waals surface area (Å²) in [4.78, 5) is 11.6. The number of rotatable bonds is 7. The molecule has 0 aliphatic rings. The SMILES string of the molecule is CCCCNC(=CC(=O)C(C)C)C(C)C. The zero-order valence-corrected chi connectivity index (χ0v) is 10.8. The first-order chi connectivity index (χ1) is 6.99. The minimum Gasteiger partial charge on any atom is -0.388 e. The molecule has 0 spiro atoms. The van der Waals surface area contributed by atoms with Gasteiger partial charge in [0.15, 0.2) is 5.78 Å². The fourth-order valence-corrected chi connectivity index (χ4v) is 1.15. The van der Waals surface area contributed by atoms with E-state index in [1.165, 1.54) is 6.42 Å². The van der Waals surface area contributed by atoms with Crippen LogP contribution in [0.25, 0.3) is 0 Å². The molecular weight excluding hydrogens is 186 g/mol. The summed E-state index contributed by atoms with van der Waals surface area (Å²) in [6.45, 7) is 11.2. The number of hydrogen-bond donors (Lipinski definition) is 1. The van der Waals surface area contributed by atoms with Crippen molar-refractivity contribution in [2.75, 3.05) is 6.54 Å². The van der Waals surface area contributed by atoms with E-state index in [9.17, 15) is 4.79 Å². The number of hydrogen-bond acceptors (Lipinski definition) is 2. The average Bonchev–Trinajstić information content (AvgIpc) is 2.15. The summed E-state index contributed by atoms with van der Waals surface area (Å²) in [5, 5.41) is 3.35. The van der Waals surface area contributed by atoms with Crippen molar-refractivity contribution in [2.24, 2.45) is 11.8 Å². The molecule has 88 valence electrons. The average molecular weight is 211 g/mol. The Balaban J connectivity index is 4.31. The molecule has 0 aromatic carbocycles. The maximum Gasteiger partial charge on any atom is 0.159 e. The number of allylic oxidation sites excluding steroid dienone is 2. The second-order valence-electron chi connectivity index (χ2n) is 4.59. The van der Waals surface area contributed by atoms with Gasteiger partial charge in [0.25, 0.3) is 0 Å². The van der Waals surface area contributed by atoms with Crippen molar-refractivity contribution in [1.29, 1.82) is 0 Å². The lowest BCUT2D eigenvalue weighted by Gasteiger charge is -2.14. The van der Waals surface area contributed by atoms with Gasteiger partial charge in [0.2, 0.25) is 0 Å². The Hall–Kier alpha value is -0.790. The summed E-state index contributed by atoms with van der Waals surface area (Å²) in [5.41, 5.74) is 1.07. The van der Waals surface area contributed by atoms with Crippen LogP contribution < -0.4 is 5.32 Å². The second-order valence-corrected chi connectivity index (χ2v) is 4.59. The molecular formula is C13H25NO. The fraction of sp³-hybridized carbons (Fsp3) is 0.769. The van der Waals surface area contributed by atoms with E-state index >= 15 is 0 Å². The van der Waals surface area contributed by atoms with Gasteiger partial charge in [-0.15, -0.1) is 0 Å². The third kappa shape index (κ3) is 6.32. The molecule has 0 aliphatic carbocycles. The molecule has 0 unspecified atom stereocenters. The Labute approximate surface area is 94.1 Å². The maximum absolute atomic E-state index is 11.6. The molecule has 0 saturated carbocycles. The molecule has 0 saturated heterocycles. The largest absolute Gasteiger partial charge is 0.388 e. The molecule has 0 fully saturated rings. The lowest BCUT2D eigenvalue weighted by atomic mass is 10.0. The summed E-state index contributed by atoms with van der Waals surface area (Å²) in [6.07, 6.45) is 4.10. The predicted molar refractivity (Wildman–Crippen MR) is 65.7 cm³/mol. The van der Waals surface area contributed by atoms with Crippen LogP contribution in [0.2, 0.25) is 0 Å². The van der Waals surface area contributed by atoms with Crippen LogP contribution in [0.15, 0.2) is 11.8 Å². The monoisotopic (exact) mass is 211 g/mol. The number of nitrogens with one attached hydrogen (secondary N) is 1. The van der Waals surface area contributed by atoms with Crippen molar-refractivity contribution in [3.63, 3.8) is 0 Å². The molecule has 0 aliphatic heterocycles. The van der Waals surface area contributed by atoms with E-state index in [1.54, 1.807) is 6.08 Å². The summed E-state index contributed by atoms with van der Waals surface area (Å²) < 4.78 is 0. The predicted octanol–water partition coefficient (Wildman–Crippen LogP) is 3.14. The van der Waals surface area contributed by atoms with E-state index in [1.807, 2.05) is 13.8 Å². The van der Waals surface area contributed by atoms with Crippen molar-refractivity contribution >= 4 is 5.78 Å². The normalized spacial score (nSPS) is 12.3. The van der Waals surface area contributed by atoms with Gasteiger partial charge >= 0.3 is 0 Å². The summed E-state index contributed by atoms with van der Waals surface area (Å²) in [6, 6.07) is 0. The highest BCUT2D eigenvalue weighted by Gasteiger charge is 2.08. The third-order valence-electron chi connectivity index (χ3n) is 2.35. The van der Waals surface area contributed by atoms with E-state index in [0.717, 1.165) is 18.7 Å². The van der Waals surface area contributed by atoms with E-state index < -0.39 is 0 Å². The highest BCUT2D eigenvalue weighted by atomic mass is 16.1. The molecule has 0 aromatic rings. The van der Waals surface area contributed by atoms with Crippen molar-refractivity contribution in [3.05, 3.63) is 11.8 Å². The number of ketones is 1. The third-order valence-corrected chi connectivity index (χ3v) is 2.35. The lowest BCUT2D eigenvalue weighted by molar-refractivity contribution is -0.117. The molecule has 0 bridgehead atoms. The Morgan fingerprint density at radius 1 is 1.20 bits per heavy atom.